The number of ether oxygens (including phenoxy) is 1. The van der Waals surface area contributed by atoms with Crippen LogP contribution in [-0.2, 0) is 16.1 Å². The maximum absolute atomic E-state index is 12.8. The Morgan fingerprint density at radius 2 is 2.00 bits per heavy atom. The molecule has 130 valence electrons. The van der Waals surface area contributed by atoms with E-state index >= 15 is 0 Å². The molecular formula is C19H20N2O4. The molecule has 3 heterocycles. The molecule has 2 aliphatic rings. The van der Waals surface area contributed by atoms with Crippen LogP contribution in [0.3, 0.4) is 0 Å². The molecular weight excluding hydrogens is 320 g/mol. The molecule has 2 aromatic rings. The summed E-state index contributed by atoms with van der Waals surface area (Å²) in [7, 11) is 0. The van der Waals surface area contributed by atoms with Crippen LogP contribution >= 0.6 is 0 Å². The number of rotatable bonds is 4. The van der Waals surface area contributed by atoms with E-state index in [0.717, 1.165) is 6.42 Å². The summed E-state index contributed by atoms with van der Waals surface area (Å²) in [6, 6.07) is 12.7. The Balaban J connectivity index is 1.47. The van der Waals surface area contributed by atoms with Crippen LogP contribution in [0.5, 0.6) is 0 Å². The largest absolute Gasteiger partial charge is 0.467 e. The topological polar surface area (TPSA) is 71.8 Å². The molecule has 4 rings (SSSR count). The number of carbonyl (C=O) groups is 2. The van der Waals surface area contributed by atoms with Crippen molar-refractivity contribution in [3.8, 4) is 0 Å². The van der Waals surface area contributed by atoms with Gasteiger partial charge in [-0.3, -0.25) is 9.59 Å². The Morgan fingerprint density at radius 3 is 2.76 bits per heavy atom. The Hall–Kier alpha value is -2.60. The predicted molar refractivity (Wildman–Crippen MR) is 89.7 cm³/mol. The maximum atomic E-state index is 12.8. The summed E-state index contributed by atoms with van der Waals surface area (Å²) in [5.74, 6) is 0.210. The average molecular weight is 340 g/mol. The van der Waals surface area contributed by atoms with Crippen molar-refractivity contribution in [2.75, 3.05) is 13.2 Å². The second-order valence-corrected chi connectivity index (χ2v) is 6.42. The second kappa shape index (κ2) is 6.72. The molecule has 2 amide bonds. The van der Waals surface area contributed by atoms with Crippen molar-refractivity contribution in [3.63, 3.8) is 0 Å². The van der Waals surface area contributed by atoms with Gasteiger partial charge in [0.2, 0.25) is 5.91 Å². The van der Waals surface area contributed by atoms with Crippen LogP contribution in [0.25, 0.3) is 0 Å². The molecule has 3 atom stereocenters. The van der Waals surface area contributed by atoms with E-state index in [1.165, 1.54) is 0 Å². The number of amides is 2. The molecule has 2 fully saturated rings. The molecule has 1 N–H and O–H groups in total. The van der Waals surface area contributed by atoms with E-state index in [9.17, 15) is 9.59 Å². The first-order chi connectivity index (χ1) is 12.2. The van der Waals surface area contributed by atoms with Gasteiger partial charge in [-0.25, -0.2) is 0 Å². The maximum Gasteiger partial charge on any atom is 0.254 e. The first kappa shape index (κ1) is 15.9. The SMILES string of the molecule is O=C(NCc1ccco1)[C@@H]1CN(C(=O)c2ccccc2)[C@H]2CCO[C@@H]12. The van der Waals surface area contributed by atoms with Crippen molar-refractivity contribution in [1.29, 1.82) is 0 Å². The lowest BCUT2D eigenvalue weighted by Crippen LogP contribution is -2.37. The Bertz CT molecular complexity index is 744. The first-order valence-corrected chi connectivity index (χ1v) is 8.52. The zero-order valence-electron chi connectivity index (χ0n) is 13.8. The molecule has 25 heavy (non-hydrogen) atoms. The van der Waals surface area contributed by atoms with Gasteiger partial charge in [-0.05, 0) is 30.7 Å². The van der Waals surface area contributed by atoms with Gasteiger partial charge in [0.05, 0.1) is 30.9 Å². The molecule has 0 saturated carbocycles. The standard InChI is InChI=1S/C19H20N2O4/c22-18(20-11-14-7-4-9-24-14)15-12-21(16-8-10-25-17(15)16)19(23)13-5-2-1-3-6-13/h1-7,9,15-17H,8,10-12H2,(H,20,22)/t15-,16+,17+/m1/s1. The van der Waals surface area contributed by atoms with Crippen LogP contribution in [0.1, 0.15) is 22.5 Å². The quantitative estimate of drug-likeness (QED) is 0.922. The van der Waals surface area contributed by atoms with Crippen LogP contribution in [0.2, 0.25) is 0 Å². The van der Waals surface area contributed by atoms with Gasteiger partial charge >= 0.3 is 0 Å². The van der Waals surface area contributed by atoms with E-state index in [-0.39, 0.29) is 29.9 Å². The van der Waals surface area contributed by atoms with Crippen molar-refractivity contribution in [1.82, 2.24) is 10.2 Å². The molecule has 1 aromatic heterocycles. The summed E-state index contributed by atoms with van der Waals surface area (Å²) in [4.78, 5) is 27.2. The normalized spacial score (nSPS) is 25.0. The number of carbonyl (C=O) groups excluding carboxylic acids is 2. The fraction of sp³-hybridized carbons (Fsp3) is 0.368. The van der Waals surface area contributed by atoms with Crippen molar-refractivity contribution < 1.29 is 18.7 Å². The van der Waals surface area contributed by atoms with Gasteiger partial charge in [0.25, 0.3) is 5.91 Å². The highest BCUT2D eigenvalue weighted by atomic mass is 16.5. The van der Waals surface area contributed by atoms with Crippen molar-refractivity contribution in [2.24, 2.45) is 5.92 Å². The Morgan fingerprint density at radius 1 is 1.16 bits per heavy atom. The lowest BCUT2D eigenvalue weighted by molar-refractivity contribution is -0.127. The van der Waals surface area contributed by atoms with E-state index in [4.69, 9.17) is 9.15 Å². The summed E-state index contributed by atoms with van der Waals surface area (Å²) in [6.07, 6.45) is 2.11. The van der Waals surface area contributed by atoms with Crippen LogP contribution in [0.15, 0.2) is 53.1 Å². The summed E-state index contributed by atoms with van der Waals surface area (Å²) >= 11 is 0. The van der Waals surface area contributed by atoms with E-state index in [1.807, 2.05) is 24.3 Å². The van der Waals surface area contributed by atoms with Crippen LogP contribution in [0, 0.1) is 5.92 Å². The number of fused-ring (bicyclic) bond motifs is 1. The van der Waals surface area contributed by atoms with Crippen LogP contribution in [-0.4, -0.2) is 42.0 Å². The molecule has 6 heteroatoms. The molecule has 6 nitrogen and oxygen atoms in total. The van der Waals surface area contributed by atoms with Crippen molar-refractivity contribution >= 4 is 11.8 Å². The summed E-state index contributed by atoms with van der Waals surface area (Å²) < 4.78 is 11.0. The van der Waals surface area contributed by atoms with Crippen molar-refractivity contribution in [3.05, 3.63) is 60.1 Å². The van der Waals surface area contributed by atoms with Gasteiger partial charge in [-0.2, -0.15) is 0 Å². The smallest absolute Gasteiger partial charge is 0.254 e. The minimum Gasteiger partial charge on any atom is -0.467 e. The molecule has 1 aromatic carbocycles. The zero-order chi connectivity index (χ0) is 17.2. The molecule has 0 bridgehead atoms. The monoisotopic (exact) mass is 340 g/mol. The number of benzene rings is 1. The third kappa shape index (κ3) is 3.05. The van der Waals surface area contributed by atoms with Crippen LogP contribution < -0.4 is 5.32 Å². The van der Waals surface area contributed by atoms with Gasteiger partial charge in [-0.15, -0.1) is 0 Å². The zero-order valence-corrected chi connectivity index (χ0v) is 13.8. The summed E-state index contributed by atoms with van der Waals surface area (Å²) in [5.41, 5.74) is 0.643. The first-order valence-electron chi connectivity index (χ1n) is 8.52. The van der Waals surface area contributed by atoms with Gasteiger partial charge < -0.3 is 19.4 Å². The Kier molecular flexibility index (Phi) is 4.28. The molecule has 2 saturated heterocycles. The third-order valence-corrected chi connectivity index (χ3v) is 4.93. The number of likely N-dealkylation sites (tertiary alicyclic amines) is 1. The second-order valence-electron chi connectivity index (χ2n) is 6.42. The number of nitrogens with zero attached hydrogens (tertiary/aromatic N) is 1. The van der Waals surface area contributed by atoms with Gasteiger partial charge in [0.15, 0.2) is 0 Å². The van der Waals surface area contributed by atoms with E-state index in [0.29, 0.717) is 31.0 Å². The molecule has 0 radical (unpaired) electrons. The molecule has 0 spiro atoms. The molecule has 0 aliphatic carbocycles. The molecule has 0 unspecified atom stereocenters. The number of hydrogen-bond donors (Lipinski definition) is 1. The molecule has 2 aliphatic heterocycles. The summed E-state index contributed by atoms with van der Waals surface area (Å²) in [5, 5.41) is 2.89. The van der Waals surface area contributed by atoms with E-state index < -0.39 is 0 Å². The fourth-order valence-electron chi connectivity index (χ4n) is 3.70. The van der Waals surface area contributed by atoms with E-state index in [1.54, 1.807) is 29.4 Å². The lowest BCUT2D eigenvalue weighted by atomic mass is 10.0. The number of hydrogen-bond acceptors (Lipinski definition) is 4. The van der Waals surface area contributed by atoms with Crippen molar-refractivity contribution in [2.45, 2.75) is 25.1 Å². The van der Waals surface area contributed by atoms with Gasteiger partial charge in [0, 0.05) is 18.7 Å². The third-order valence-electron chi connectivity index (χ3n) is 4.93. The minimum absolute atomic E-state index is 0.0351. The fourth-order valence-corrected chi connectivity index (χ4v) is 3.70. The van der Waals surface area contributed by atoms with E-state index in [2.05, 4.69) is 5.32 Å². The van der Waals surface area contributed by atoms with Gasteiger partial charge in [0.1, 0.15) is 5.76 Å². The van der Waals surface area contributed by atoms with Gasteiger partial charge in [-0.1, -0.05) is 18.2 Å². The average Bonchev–Trinajstić information content (AvgIpc) is 3.37. The number of furan rings is 1. The summed E-state index contributed by atoms with van der Waals surface area (Å²) in [6.45, 7) is 1.30. The highest BCUT2D eigenvalue weighted by Gasteiger charge is 2.50. The minimum atomic E-state index is -0.352. The number of nitrogens with one attached hydrogen (secondary N) is 1. The highest BCUT2D eigenvalue weighted by molar-refractivity contribution is 5.95. The lowest BCUT2D eigenvalue weighted by Gasteiger charge is -2.22. The van der Waals surface area contributed by atoms with Crippen LogP contribution in [0.4, 0.5) is 0 Å². The predicted octanol–water partition coefficient (Wildman–Crippen LogP) is 1.83. The highest BCUT2D eigenvalue weighted by Crippen LogP contribution is 2.34. The Labute approximate surface area is 145 Å².